The Bertz CT molecular complexity index is 1270. The van der Waals surface area contributed by atoms with Crippen LogP contribution in [0.5, 0.6) is 0 Å². The van der Waals surface area contributed by atoms with Crippen molar-refractivity contribution in [2.75, 3.05) is 11.9 Å². The minimum atomic E-state index is -1.06. The molecule has 2 unspecified atom stereocenters. The van der Waals surface area contributed by atoms with Crippen LogP contribution in [0.15, 0.2) is 48.7 Å². The molecule has 0 bridgehead atoms. The molecular formula is C29H35F2N5O3. The zero-order valence-corrected chi connectivity index (χ0v) is 22.4. The van der Waals surface area contributed by atoms with Gasteiger partial charge in [-0.05, 0) is 55.5 Å². The van der Waals surface area contributed by atoms with Crippen molar-refractivity contribution in [3.8, 4) is 0 Å². The van der Waals surface area contributed by atoms with Crippen molar-refractivity contribution in [2.24, 2.45) is 0 Å². The highest BCUT2D eigenvalue weighted by molar-refractivity contribution is 5.92. The fourth-order valence-electron chi connectivity index (χ4n) is 4.15. The minimum Gasteiger partial charge on any atom is -0.390 e. The van der Waals surface area contributed by atoms with E-state index < -0.39 is 35.6 Å². The molecule has 2 amide bonds. The van der Waals surface area contributed by atoms with Crippen LogP contribution in [0.4, 0.5) is 14.6 Å². The number of aromatic nitrogens is 2. The van der Waals surface area contributed by atoms with Gasteiger partial charge >= 0.3 is 0 Å². The Hall–Kier alpha value is -3.76. The SMILES string of the molecule is CCc1cccc(CNCC(O)C(Cc2cc(F)cc(F)c2)NC(=O)CCC(=O)Nc2ncc(C)nc2C)c1. The second-order valence-corrected chi connectivity index (χ2v) is 9.52. The van der Waals surface area contributed by atoms with Crippen LogP contribution in [0.1, 0.15) is 47.8 Å². The molecule has 2 aromatic carbocycles. The lowest BCUT2D eigenvalue weighted by Gasteiger charge is -2.25. The summed E-state index contributed by atoms with van der Waals surface area (Å²) in [5.74, 6) is -2.06. The van der Waals surface area contributed by atoms with Crippen molar-refractivity contribution in [3.63, 3.8) is 0 Å². The molecule has 8 nitrogen and oxygen atoms in total. The molecule has 39 heavy (non-hydrogen) atoms. The van der Waals surface area contributed by atoms with Gasteiger partial charge in [0.25, 0.3) is 0 Å². The Labute approximate surface area is 227 Å². The Morgan fingerprint density at radius 2 is 1.67 bits per heavy atom. The third-order valence-corrected chi connectivity index (χ3v) is 6.18. The Kier molecular flexibility index (Phi) is 11.0. The zero-order chi connectivity index (χ0) is 28.4. The van der Waals surface area contributed by atoms with Gasteiger partial charge in [0.05, 0.1) is 29.7 Å². The second-order valence-electron chi connectivity index (χ2n) is 9.52. The number of halogens is 2. The van der Waals surface area contributed by atoms with E-state index in [0.717, 1.165) is 35.9 Å². The largest absolute Gasteiger partial charge is 0.390 e. The number of aryl methyl sites for hydroxylation is 3. The summed E-state index contributed by atoms with van der Waals surface area (Å²) in [6, 6.07) is 10.3. The quantitative estimate of drug-likeness (QED) is 0.264. The molecule has 0 saturated heterocycles. The number of aliphatic hydroxyl groups is 1. The fraction of sp³-hybridized carbons (Fsp3) is 0.379. The van der Waals surface area contributed by atoms with Crippen LogP contribution < -0.4 is 16.0 Å². The van der Waals surface area contributed by atoms with Crippen LogP contribution in [-0.4, -0.2) is 45.6 Å². The monoisotopic (exact) mass is 539 g/mol. The van der Waals surface area contributed by atoms with E-state index in [4.69, 9.17) is 0 Å². The Balaban J connectivity index is 1.60. The number of hydrogen-bond acceptors (Lipinski definition) is 6. The smallest absolute Gasteiger partial charge is 0.226 e. The molecule has 4 N–H and O–H groups in total. The van der Waals surface area contributed by atoms with Gasteiger partial charge in [0.1, 0.15) is 11.6 Å². The maximum absolute atomic E-state index is 13.8. The third-order valence-electron chi connectivity index (χ3n) is 6.18. The molecule has 0 spiro atoms. The van der Waals surface area contributed by atoms with E-state index in [1.54, 1.807) is 13.8 Å². The number of nitrogens with one attached hydrogen (secondary N) is 3. The average molecular weight is 540 g/mol. The van der Waals surface area contributed by atoms with Gasteiger partial charge in [-0.25, -0.2) is 13.8 Å². The first-order valence-electron chi connectivity index (χ1n) is 12.9. The van der Waals surface area contributed by atoms with E-state index in [1.165, 1.54) is 11.8 Å². The van der Waals surface area contributed by atoms with Crippen molar-refractivity contribution in [3.05, 3.63) is 88.4 Å². The number of carbonyl (C=O) groups is 2. The standard InChI is InChI=1S/C29H35F2N5O3/c1-4-20-6-5-7-21(10-20)16-32-17-26(37)25(13-22-11-23(30)14-24(31)12-22)35-27(38)8-9-28(39)36-29-19(3)34-18(2)15-33-29/h5-7,10-12,14-15,25-26,32,37H,4,8-9,13,16-17H2,1-3H3,(H,35,38)(H,33,36,39). The number of amides is 2. The van der Waals surface area contributed by atoms with Gasteiger partial charge in [-0.3, -0.25) is 14.6 Å². The highest BCUT2D eigenvalue weighted by atomic mass is 19.1. The first-order valence-corrected chi connectivity index (χ1v) is 12.9. The molecule has 0 aliphatic heterocycles. The summed E-state index contributed by atoms with van der Waals surface area (Å²) in [4.78, 5) is 33.5. The summed E-state index contributed by atoms with van der Waals surface area (Å²) in [7, 11) is 0. The van der Waals surface area contributed by atoms with Crippen LogP contribution in [-0.2, 0) is 29.0 Å². The Morgan fingerprint density at radius 3 is 2.36 bits per heavy atom. The molecule has 3 rings (SSSR count). The molecule has 1 aromatic heterocycles. The van der Waals surface area contributed by atoms with Crippen molar-refractivity contribution in [1.29, 1.82) is 0 Å². The minimum absolute atomic E-state index is 0.00106. The fourth-order valence-corrected chi connectivity index (χ4v) is 4.15. The van der Waals surface area contributed by atoms with Crippen LogP contribution in [0.2, 0.25) is 0 Å². The highest BCUT2D eigenvalue weighted by Crippen LogP contribution is 2.13. The van der Waals surface area contributed by atoms with Crippen LogP contribution in [0.25, 0.3) is 0 Å². The van der Waals surface area contributed by atoms with Crippen LogP contribution in [0.3, 0.4) is 0 Å². The molecular weight excluding hydrogens is 504 g/mol. The summed E-state index contributed by atoms with van der Waals surface area (Å²) < 4.78 is 27.6. The number of benzene rings is 2. The average Bonchev–Trinajstić information content (AvgIpc) is 2.88. The van der Waals surface area contributed by atoms with Gasteiger partial charge in [0.2, 0.25) is 11.8 Å². The first kappa shape index (κ1) is 29.8. The van der Waals surface area contributed by atoms with Gasteiger partial charge < -0.3 is 21.1 Å². The van der Waals surface area contributed by atoms with Gasteiger partial charge in [-0.15, -0.1) is 0 Å². The molecule has 0 aliphatic carbocycles. The van der Waals surface area contributed by atoms with Crippen molar-refractivity contribution >= 4 is 17.6 Å². The molecule has 2 atom stereocenters. The number of anilines is 1. The summed E-state index contributed by atoms with van der Waals surface area (Å²) in [5, 5.41) is 19.4. The summed E-state index contributed by atoms with van der Waals surface area (Å²) in [6.45, 7) is 6.21. The molecule has 10 heteroatoms. The Morgan fingerprint density at radius 1 is 0.974 bits per heavy atom. The second kappa shape index (κ2) is 14.4. The molecule has 0 saturated carbocycles. The highest BCUT2D eigenvalue weighted by Gasteiger charge is 2.23. The summed E-state index contributed by atoms with van der Waals surface area (Å²) in [6.07, 6.45) is 1.11. The van der Waals surface area contributed by atoms with E-state index in [2.05, 4.69) is 38.9 Å². The van der Waals surface area contributed by atoms with Gasteiger partial charge in [-0.1, -0.05) is 31.2 Å². The maximum atomic E-state index is 13.8. The number of carbonyl (C=O) groups excluding carboxylic acids is 2. The van der Waals surface area contributed by atoms with E-state index in [0.29, 0.717) is 23.6 Å². The van der Waals surface area contributed by atoms with Gasteiger partial charge in [-0.2, -0.15) is 0 Å². The molecule has 0 aliphatic rings. The molecule has 0 fully saturated rings. The van der Waals surface area contributed by atoms with E-state index in [9.17, 15) is 23.5 Å². The van der Waals surface area contributed by atoms with E-state index in [1.807, 2.05) is 18.2 Å². The summed E-state index contributed by atoms with van der Waals surface area (Å²) in [5.41, 5.74) is 3.82. The number of nitrogens with zero attached hydrogens (tertiary/aromatic N) is 2. The number of aliphatic hydroxyl groups excluding tert-OH is 1. The van der Waals surface area contributed by atoms with Crippen molar-refractivity contribution in [1.82, 2.24) is 20.6 Å². The lowest BCUT2D eigenvalue weighted by atomic mass is 10.00. The van der Waals surface area contributed by atoms with Gasteiger partial charge in [0.15, 0.2) is 5.82 Å². The lowest BCUT2D eigenvalue weighted by molar-refractivity contribution is -0.125. The third kappa shape index (κ3) is 9.81. The zero-order valence-electron chi connectivity index (χ0n) is 22.4. The van der Waals surface area contributed by atoms with E-state index >= 15 is 0 Å². The van der Waals surface area contributed by atoms with Gasteiger partial charge in [0, 0.05) is 32.0 Å². The van der Waals surface area contributed by atoms with Crippen LogP contribution in [0, 0.1) is 25.5 Å². The lowest BCUT2D eigenvalue weighted by Crippen LogP contribution is -2.48. The number of rotatable bonds is 13. The first-order chi connectivity index (χ1) is 18.6. The summed E-state index contributed by atoms with van der Waals surface area (Å²) >= 11 is 0. The molecule has 0 radical (unpaired) electrons. The molecule has 3 aromatic rings. The predicted octanol–water partition coefficient (Wildman–Crippen LogP) is 3.53. The molecule has 208 valence electrons. The van der Waals surface area contributed by atoms with Crippen molar-refractivity contribution in [2.45, 2.75) is 65.1 Å². The van der Waals surface area contributed by atoms with E-state index in [-0.39, 0.29) is 25.8 Å². The topological polar surface area (TPSA) is 116 Å². The van der Waals surface area contributed by atoms with Crippen molar-refractivity contribution < 1.29 is 23.5 Å². The van der Waals surface area contributed by atoms with Crippen LogP contribution >= 0.6 is 0 Å². The number of hydrogen-bond donors (Lipinski definition) is 4. The molecule has 1 heterocycles. The maximum Gasteiger partial charge on any atom is 0.226 e. The normalized spacial score (nSPS) is 12.6. The predicted molar refractivity (Wildman–Crippen MR) is 145 cm³/mol.